The smallest absolute Gasteiger partial charge is 0.241 e. The molecule has 2 aliphatic heterocycles. The zero-order chi connectivity index (χ0) is 19.2. The number of amides is 1. The Labute approximate surface area is 158 Å². The van der Waals surface area contributed by atoms with Gasteiger partial charge in [0, 0.05) is 25.7 Å². The molecule has 0 fully saturated rings. The molecule has 3 heterocycles. The van der Waals surface area contributed by atoms with Crippen LogP contribution < -0.4 is 9.62 Å². The van der Waals surface area contributed by atoms with Crippen LogP contribution >= 0.6 is 0 Å². The van der Waals surface area contributed by atoms with Gasteiger partial charge in [-0.25, -0.2) is 22.8 Å². The Morgan fingerprint density at radius 1 is 1.26 bits per heavy atom. The summed E-state index contributed by atoms with van der Waals surface area (Å²) in [5.41, 5.74) is 1.70. The van der Waals surface area contributed by atoms with Gasteiger partial charge in [-0.15, -0.1) is 0 Å². The predicted octanol–water partition coefficient (Wildman–Crippen LogP) is 1.70. The highest BCUT2D eigenvalue weighted by atomic mass is 32.2. The third kappa shape index (κ3) is 3.37. The summed E-state index contributed by atoms with van der Waals surface area (Å²) in [4.78, 5) is 18.1. The zero-order valence-electron chi connectivity index (χ0n) is 15.5. The highest BCUT2D eigenvalue weighted by Crippen LogP contribution is 2.31. The molecule has 0 spiro atoms. The van der Waals surface area contributed by atoms with Gasteiger partial charge in [-0.2, -0.15) is 5.10 Å². The van der Waals surface area contributed by atoms with Gasteiger partial charge in [-0.3, -0.25) is 4.79 Å². The molecule has 8 nitrogen and oxygen atoms in total. The number of aryl methyl sites for hydroxylation is 3. The molecule has 1 amide bonds. The normalized spacial score (nSPS) is 19.5. The van der Waals surface area contributed by atoms with Gasteiger partial charge in [0.05, 0.1) is 10.9 Å². The quantitative estimate of drug-likeness (QED) is 0.862. The van der Waals surface area contributed by atoms with Crippen LogP contribution in [0.3, 0.4) is 0 Å². The van der Waals surface area contributed by atoms with E-state index in [-0.39, 0.29) is 16.8 Å². The number of carbonyl (C=O) groups is 1. The minimum absolute atomic E-state index is 0.0263. The molecule has 1 unspecified atom stereocenters. The minimum atomic E-state index is -3.70. The van der Waals surface area contributed by atoms with E-state index in [1.165, 1.54) is 6.92 Å². The van der Waals surface area contributed by atoms with Crippen LogP contribution in [-0.4, -0.2) is 35.6 Å². The highest BCUT2D eigenvalue weighted by Gasteiger charge is 2.29. The lowest BCUT2D eigenvalue weighted by molar-refractivity contribution is -0.116. The van der Waals surface area contributed by atoms with Crippen LogP contribution in [0.5, 0.6) is 0 Å². The van der Waals surface area contributed by atoms with E-state index < -0.39 is 10.0 Å². The average molecular weight is 389 g/mol. The molecule has 0 saturated carbocycles. The second-order valence-electron chi connectivity index (χ2n) is 7.12. The van der Waals surface area contributed by atoms with Gasteiger partial charge in [0.1, 0.15) is 11.6 Å². The summed E-state index contributed by atoms with van der Waals surface area (Å²) in [5.74, 6) is 1.29. The summed E-state index contributed by atoms with van der Waals surface area (Å²) in [5, 5.41) is 4.32. The average Bonchev–Trinajstić information content (AvgIpc) is 3.01. The largest absolute Gasteiger partial charge is 0.312 e. The van der Waals surface area contributed by atoms with E-state index in [1.54, 1.807) is 34.7 Å². The van der Waals surface area contributed by atoms with E-state index in [2.05, 4.69) is 14.8 Å². The number of anilines is 1. The van der Waals surface area contributed by atoms with Crippen molar-refractivity contribution in [2.24, 2.45) is 0 Å². The zero-order valence-corrected chi connectivity index (χ0v) is 16.3. The molecule has 1 atom stereocenters. The fraction of sp³-hybridized carbons (Fsp3) is 0.500. The van der Waals surface area contributed by atoms with Crippen LogP contribution in [0.25, 0.3) is 0 Å². The molecular formula is C18H23N5O3S. The molecule has 2 aliphatic rings. The number of sulfonamides is 1. The van der Waals surface area contributed by atoms with Crippen molar-refractivity contribution in [1.29, 1.82) is 0 Å². The van der Waals surface area contributed by atoms with E-state index in [9.17, 15) is 13.2 Å². The fourth-order valence-electron chi connectivity index (χ4n) is 3.90. The Hall–Kier alpha value is -2.26. The number of nitrogens with zero attached hydrogens (tertiary/aromatic N) is 4. The first-order valence-electron chi connectivity index (χ1n) is 9.20. The van der Waals surface area contributed by atoms with Crippen molar-refractivity contribution in [3.05, 3.63) is 35.4 Å². The third-order valence-corrected chi connectivity index (χ3v) is 6.61. The first-order valence-corrected chi connectivity index (χ1v) is 10.7. The minimum Gasteiger partial charge on any atom is -0.312 e. The van der Waals surface area contributed by atoms with Crippen LogP contribution in [0.2, 0.25) is 0 Å². The molecule has 0 radical (unpaired) electrons. The lowest BCUT2D eigenvalue weighted by Gasteiger charge is -2.29. The molecule has 4 rings (SSSR count). The van der Waals surface area contributed by atoms with Crippen molar-refractivity contribution in [3.63, 3.8) is 0 Å². The Morgan fingerprint density at radius 2 is 2.07 bits per heavy atom. The second-order valence-corrected chi connectivity index (χ2v) is 8.84. The van der Waals surface area contributed by atoms with Crippen molar-refractivity contribution in [3.8, 4) is 0 Å². The fourth-order valence-corrected chi connectivity index (χ4v) is 5.18. The summed E-state index contributed by atoms with van der Waals surface area (Å²) in [6.45, 7) is 4.77. The summed E-state index contributed by atoms with van der Waals surface area (Å²) in [6.07, 6.45) is 3.13. The summed E-state index contributed by atoms with van der Waals surface area (Å²) in [6, 6.07) is 4.61. The predicted molar refractivity (Wildman–Crippen MR) is 99.8 cm³/mol. The number of aromatic nitrogens is 3. The Kier molecular flexibility index (Phi) is 4.51. The van der Waals surface area contributed by atoms with Crippen LogP contribution in [0.1, 0.15) is 49.4 Å². The van der Waals surface area contributed by atoms with Gasteiger partial charge >= 0.3 is 0 Å². The number of carbonyl (C=O) groups excluding carboxylic acids is 1. The summed E-state index contributed by atoms with van der Waals surface area (Å²) < 4.78 is 30.5. The van der Waals surface area contributed by atoms with E-state index in [1.807, 2.05) is 0 Å². The molecular weight excluding hydrogens is 366 g/mol. The molecule has 9 heteroatoms. The SMILES string of the molecule is CC(=O)N1CCCc2cc(S(=O)(=O)NC3CCCn4nc(C)nc43)ccc21. The maximum absolute atomic E-state index is 13.0. The number of hydrogen-bond donors (Lipinski definition) is 1. The van der Waals surface area contributed by atoms with Crippen LogP contribution in [0.15, 0.2) is 23.1 Å². The number of fused-ring (bicyclic) bond motifs is 2. The molecule has 0 aliphatic carbocycles. The Balaban J connectivity index is 1.63. The number of nitrogens with one attached hydrogen (secondary N) is 1. The first kappa shape index (κ1) is 18.1. The lowest BCUT2D eigenvalue weighted by atomic mass is 10.0. The van der Waals surface area contributed by atoms with Gasteiger partial charge in [0.15, 0.2) is 0 Å². The van der Waals surface area contributed by atoms with E-state index in [4.69, 9.17) is 0 Å². The summed E-state index contributed by atoms with van der Waals surface area (Å²) in [7, 11) is -3.70. The van der Waals surface area contributed by atoms with Crippen molar-refractivity contribution in [1.82, 2.24) is 19.5 Å². The monoisotopic (exact) mass is 389 g/mol. The molecule has 1 N–H and O–H groups in total. The molecule has 0 bridgehead atoms. The second kappa shape index (κ2) is 6.72. The van der Waals surface area contributed by atoms with Crippen molar-refractivity contribution >= 4 is 21.6 Å². The van der Waals surface area contributed by atoms with Gasteiger partial charge in [0.25, 0.3) is 0 Å². The van der Waals surface area contributed by atoms with E-state index in [0.717, 1.165) is 37.1 Å². The standard InChI is InChI=1S/C18H23N5O3S/c1-12-19-18-16(6-4-10-23(18)20-12)21-27(25,26)15-7-8-17-14(11-15)5-3-9-22(17)13(2)24/h7-8,11,16,21H,3-6,9-10H2,1-2H3. The Morgan fingerprint density at radius 3 is 2.85 bits per heavy atom. The van der Waals surface area contributed by atoms with Crippen molar-refractivity contribution in [2.45, 2.75) is 57.0 Å². The molecule has 144 valence electrons. The number of benzene rings is 1. The van der Waals surface area contributed by atoms with Crippen LogP contribution in [-0.2, 0) is 27.8 Å². The topological polar surface area (TPSA) is 97.2 Å². The molecule has 1 aromatic carbocycles. The maximum atomic E-state index is 13.0. The van der Waals surface area contributed by atoms with E-state index in [0.29, 0.717) is 24.6 Å². The highest BCUT2D eigenvalue weighted by molar-refractivity contribution is 7.89. The van der Waals surface area contributed by atoms with E-state index >= 15 is 0 Å². The molecule has 27 heavy (non-hydrogen) atoms. The van der Waals surface area contributed by atoms with Gasteiger partial charge in [-0.05, 0) is 56.4 Å². The lowest BCUT2D eigenvalue weighted by Crippen LogP contribution is -2.35. The van der Waals surface area contributed by atoms with Crippen molar-refractivity contribution in [2.75, 3.05) is 11.4 Å². The molecule has 2 aromatic rings. The third-order valence-electron chi connectivity index (χ3n) is 5.14. The van der Waals surface area contributed by atoms with Crippen LogP contribution in [0, 0.1) is 6.92 Å². The Bertz CT molecular complexity index is 998. The van der Waals surface area contributed by atoms with Crippen molar-refractivity contribution < 1.29 is 13.2 Å². The van der Waals surface area contributed by atoms with Gasteiger partial charge in [-0.1, -0.05) is 0 Å². The molecule has 0 saturated heterocycles. The number of rotatable bonds is 3. The maximum Gasteiger partial charge on any atom is 0.241 e. The molecule has 1 aromatic heterocycles. The number of hydrogen-bond acceptors (Lipinski definition) is 5. The van der Waals surface area contributed by atoms with Gasteiger partial charge < -0.3 is 4.90 Å². The summed E-state index contributed by atoms with van der Waals surface area (Å²) >= 11 is 0. The first-order chi connectivity index (χ1) is 12.8. The van der Waals surface area contributed by atoms with Gasteiger partial charge in [0.2, 0.25) is 15.9 Å². The van der Waals surface area contributed by atoms with Crippen LogP contribution in [0.4, 0.5) is 5.69 Å².